The second-order valence-corrected chi connectivity index (χ2v) is 5.52. The SMILES string of the molecule is CC[C@]12CC[C@@H]3C[C@@H](CO)N(CC1)[C@@H]32. The van der Waals surface area contributed by atoms with Gasteiger partial charge in [0, 0.05) is 12.1 Å². The molecule has 3 rings (SSSR count). The van der Waals surface area contributed by atoms with Gasteiger partial charge in [0.15, 0.2) is 0 Å². The van der Waals surface area contributed by atoms with Crippen molar-refractivity contribution in [3.63, 3.8) is 0 Å². The van der Waals surface area contributed by atoms with Gasteiger partial charge in [-0.15, -0.1) is 0 Å². The van der Waals surface area contributed by atoms with Gasteiger partial charge in [0.2, 0.25) is 0 Å². The molecule has 2 aliphatic heterocycles. The molecule has 0 unspecified atom stereocenters. The first-order chi connectivity index (χ1) is 6.80. The molecule has 0 aromatic heterocycles. The molecule has 2 saturated heterocycles. The van der Waals surface area contributed by atoms with Crippen molar-refractivity contribution >= 4 is 0 Å². The molecule has 0 bridgehead atoms. The maximum atomic E-state index is 9.36. The van der Waals surface area contributed by atoms with Crippen LogP contribution in [0.3, 0.4) is 0 Å². The lowest BCUT2D eigenvalue weighted by Crippen LogP contribution is -2.38. The van der Waals surface area contributed by atoms with E-state index in [-0.39, 0.29) is 0 Å². The van der Waals surface area contributed by atoms with Crippen molar-refractivity contribution < 1.29 is 5.11 Å². The highest BCUT2D eigenvalue weighted by molar-refractivity contribution is 5.12. The van der Waals surface area contributed by atoms with E-state index in [0.717, 1.165) is 12.0 Å². The normalized spacial score (nSPS) is 51.4. The summed E-state index contributed by atoms with van der Waals surface area (Å²) in [5.41, 5.74) is 0.647. The van der Waals surface area contributed by atoms with Gasteiger partial charge < -0.3 is 5.11 Å². The Morgan fingerprint density at radius 3 is 3.00 bits per heavy atom. The van der Waals surface area contributed by atoms with E-state index in [1.54, 1.807) is 0 Å². The molecule has 2 heterocycles. The highest BCUT2D eigenvalue weighted by atomic mass is 16.3. The smallest absolute Gasteiger partial charge is 0.0587 e. The Labute approximate surface area is 86.3 Å². The third kappa shape index (κ3) is 0.938. The zero-order valence-electron chi connectivity index (χ0n) is 9.08. The monoisotopic (exact) mass is 195 g/mol. The molecule has 4 atom stereocenters. The van der Waals surface area contributed by atoms with Crippen LogP contribution in [-0.4, -0.2) is 35.2 Å². The topological polar surface area (TPSA) is 23.5 Å². The van der Waals surface area contributed by atoms with Crippen LogP contribution in [0.2, 0.25) is 0 Å². The van der Waals surface area contributed by atoms with E-state index < -0.39 is 0 Å². The molecule has 0 aromatic carbocycles. The second-order valence-electron chi connectivity index (χ2n) is 5.52. The van der Waals surface area contributed by atoms with Crippen LogP contribution in [0.5, 0.6) is 0 Å². The van der Waals surface area contributed by atoms with Crippen molar-refractivity contribution in [2.75, 3.05) is 13.2 Å². The first-order valence-electron chi connectivity index (χ1n) is 6.17. The molecule has 1 aliphatic carbocycles. The Hall–Kier alpha value is -0.0800. The highest BCUT2D eigenvalue weighted by Crippen LogP contribution is 2.58. The molecule has 80 valence electrons. The minimum absolute atomic E-state index is 0.382. The minimum Gasteiger partial charge on any atom is -0.395 e. The third-order valence-electron chi connectivity index (χ3n) is 5.27. The van der Waals surface area contributed by atoms with E-state index >= 15 is 0 Å². The lowest BCUT2D eigenvalue weighted by atomic mass is 9.79. The Kier molecular flexibility index (Phi) is 1.94. The summed E-state index contributed by atoms with van der Waals surface area (Å²) in [5, 5.41) is 9.36. The quantitative estimate of drug-likeness (QED) is 0.724. The van der Waals surface area contributed by atoms with Crippen molar-refractivity contribution in [2.45, 2.75) is 51.1 Å². The molecular formula is C12H21NO. The van der Waals surface area contributed by atoms with Crippen molar-refractivity contribution in [2.24, 2.45) is 11.3 Å². The van der Waals surface area contributed by atoms with Crippen LogP contribution in [-0.2, 0) is 0 Å². The van der Waals surface area contributed by atoms with E-state index in [2.05, 4.69) is 11.8 Å². The molecule has 1 N–H and O–H groups in total. The minimum atomic E-state index is 0.382. The molecule has 0 spiro atoms. The van der Waals surface area contributed by atoms with Gasteiger partial charge in [-0.3, -0.25) is 4.90 Å². The molecule has 1 saturated carbocycles. The average Bonchev–Trinajstić information content (AvgIpc) is 2.84. The van der Waals surface area contributed by atoms with Gasteiger partial charge in [-0.1, -0.05) is 6.92 Å². The maximum absolute atomic E-state index is 9.36. The molecule has 0 radical (unpaired) electrons. The van der Waals surface area contributed by atoms with Crippen LogP contribution < -0.4 is 0 Å². The number of hydrogen-bond acceptors (Lipinski definition) is 2. The van der Waals surface area contributed by atoms with Crippen molar-refractivity contribution in [1.82, 2.24) is 4.90 Å². The predicted molar refractivity (Wildman–Crippen MR) is 56.0 cm³/mol. The van der Waals surface area contributed by atoms with Gasteiger partial charge in [0.05, 0.1) is 6.61 Å². The van der Waals surface area contributed by atoms with Crippen molar-refractivity contribution in [1.29, 1.82) is 0 Å². The zero-order chi connectivity index (χ0) is 9.76. The average molecular weight is 195 g/mol. The Bertz CT molecular complexity index is 242. The van der Waals surface area contributed by atoms with E-state index in [1.807, 2.05) is 0 Å². The van der Waals surface area contributed by atoms with Gasteiger partial charge in [0.25, 0.3) is 0 Å². The first kappa shape index (κ1) is 9.17. The number of nitrogens with zero attached hydrogens (tertiary/aromatic N) is 1. The summed E-state index contributed by atoms with van der Waals surface area (Å²) >= 11 is 0. The van der Waals surface area contributed by atoms with E-state index in [0.29, 0.717) is 18.1 Å². The summed E-state index contributed by atoms with van der Waals surface area (Å²) < 4.78 is 0. The lowest BCUT2D eigenvalue weighted by Gasteiger charge is -2.30. The number of aliphatic hydroxyl groups is 1. The van der Waals surface area contributed by atoms with Crippen LogP contribution in [0.25, 0.3) is 0 Å². The number of hydrogen-bond donors (Lipinski definition) is 1. The van der Waals surface area contributed by atoms with Gasteiger partial charge in [0.1, 0.15) is 0 Å². The first-order valence-corrected chi connectivity index (χ1v) is 6.17. The standard InChI is InChI=1S/C12H21NO/c1-2-12-4-3-9-7-10(8-14)13(6-5-12)11(9)12/h9-11,14H,2-8H2,1H3/t9-,10+,11+,12+/m1/s1. The van der Waals surface area contributed by atoms with Gasteiger partial charge in [-0.2, -0.15) is 0 Å². The summed E-state index contributed by atoms with van der Waals surface area (Å²) in [6.45, 7) is 3.99. The Balaban J connectivity index is 1.90. The fourth-order valence-electron chi connectivity index (χ4n) is 4.55. The lowest BCUT2D eigenvalue weighted by molar-refractivity contribution is 0.130. The Morgan fingerprint density at radius 2 is 2.29 bits per heavy atom. The fourth-order valence-corrected chi connectivity index (χ4v) is 4.55. The third-order valence-corrected chi connectivity index (χ3v) is 5.27. The summed E-state index contributed by atoms with van der Waals surface area (Å²) in [6.07, 6.45) is 6.88. The molecule has 2 heteroatoms. The zero-order valence-corrected chi connectivity index (χ0v) is 9.08. The molecule has 0 aromatic rings. The molecule has 3 fully saturated rings. The molecule has 2 nitrogen and oxygen atoms in total. The summed E-state index contributed by atoms with van der Waals surface area (Å²) in [6, 6.07) is 1.34. The van der Waals surface area contributed by atoms with E-state index in [1.165, 1.54) is 38.6 Å². The highest BCUT2D eigenvalue weighted by Gasteiger charge is 2.58. The van der Waals surface area contributed by atoms with Crippen molar-refractivity contribution in [3.05, 3.63) is 0 Å². The summed E-state index contributed by atoms with van der Waals surface area (Å²) in [7, 11) is 0. The van der Waals surface area contributed by atoms with E-state index in [9.17, 15) is 5.11 Å². The van der Waals surface area contributed by atoms with Gasteiger partial charge in [-0.25, -0.2) is 0 Å². The summed E-state index contributed by atoms with van der Waals surface area (Å²) in [5.74, 6) is 0.912. The van der Waals surface area contributed by atoms with Crippen LogP contribution in [0.4, 0.5) is 0 Å². The number of aliphatic hydroxyl groups excluding tert-OH is 1. The molecule has 3 aliphatic rings. The Morgan fingerprint density at radius 1 is 1.43 bits per heavy atom. The van der Waals surface area contributed by atoms with Crippen LogP contribution in [0, 0.1) is 11.3 Å². The predicted octanol–water partition coefficient (Wildman–Crippen LogP) is 1.63. The maximum Gasteiger partial charge on any atom is 0.0587 e. The fraction of sp³-hybridized carbons (Fsp3) is 1.00. The molecular weight excluding hydrogens is 174 g/mol. The van der Waals surface area contributed by atoms with Gasteiger partial charge >= 0.3 is 0 Å². The summed E-state index contributed by atoms with van der Waals surface area (Å²) in [4.78, 5) is 2.63. The van der Waals surface area contributed by atoms with Crippen LogP contribution >= 0.6 is 0 Å². The second kappa shape index (κ2) is 2.96. The largest absolute Gasteiger partial charge is 0.395 e. The molecule has 0 amide bonds. The van der Waals surface area contributed by atoms with Gasteiger partial charge in [-0.05, 0) is 50.0 Å². The van der Waals surface area contributed by atoms with Crippen LogP contribution in [0.15, 0.2) is 0 Å². The van der Waals surface area contributed by atoms with Crippen molar-refractivity contribution in [3.8, 4) is 0 Å². The molecule has 14 heavy (non-hydrogen) atoms. The van der Waals surface area contributed by atoms with Crippen LogP contribution in [0.1, 0.15) is 39.0 Å². The number of rotatable bonds is 2. The van der Waals surface area contributed by atoms with E-state index in [4.69, 9.17) is 0 Å².